The third-order valence-electron chi connectivity index (χ3n) is 2.02. The molecule has 0 bridgehead atoms. The van der Waals surface area contributed by atoms with Crippen LogP contribution in [0, 0.1) is 6.92 Å². The lowest BCUT2D eigenvalue weighted by molar-refractivity contribution is 1.02. The SMILES string of the molecule is Cc1nc(C2CC2)sc1CN.Cl.Cl. The fraction of sp³-hybridized carbons (Fsp3) is 0.625. The maximum Gasteiger partial charge on any atom is 0.0962 e. The van der Waals surface area contributed by atoms with Gasteiger partial charge >= 0.3 is 0 Å². The van der Waals surface area contributed by atoms with Gasteiger partial charge < -0.3 is 5.73 Å². The summed E-state index contributed by atoms with van der Waals surface area (Å²) in [6.07, 6.45) is 2.66. The molecule has 13 heavy (non-hydrogen) atoms. The molecule has 0 aromatic carbocycles. The first-order valence-electron chi connectivity index (χ1n) is 3.97. The zero-order chi connectivity index (χ0) is 7.84. The lowest BCUT2D eigenvalue weighted by atomic mass is 10.4. The fourth-order valence-corrected chi connectivity index (χ4v) is 2.26. The molecule has 1 aromatic heterocycles. The normalized spacial score (nSPS) is 14.6. The third-order valence-corrected chi connectivity index (χ3v) is 3.36. The van der Waals surface area contributed by atoms with Crippen LogP contribution in [0.25, 0.3) is 0 Å². The van der Waals surface area contributed by atoms with Crippen LogP contribution in [0.15, 0.2) is 0 Å². The molecule has 1 saturated carbocycles. The van der Waals surface area contributed by atoms with Crippen molar-refractivity contribution in [2.45, 2.75) is 32.2 Å². The second kappa shape index (κ2) is 5.15. The van der Waals surface area contributed by atoms with Crippen LogP contribution in [0.4, 0.5) is 0 Å². The molecule has 1 aromatic rings. The van der Waals surface area contributed by atoms with Gasteiger partial charge in [0, 0.05) is 17.3 Å². The van der Waals surface area contributed by atoms with E-state index in [9.17, 15) is 0 Å². The van der Waals surface area contributed by atoms with Crippen LogP contribution >= 0.6 is 36.2 Å². The summed E-state index contributed by atoms with van der Waals surface area (Å²) < 4.78 is 0. The first-order valence-corrected chi connectivity index (χ1v) is 4.79. The van der Waals surface area contributed by atoms with Crippen LogP contribution in [0.1, 0.15) is 34.3 Å². The Kier molecular flexibility index (Phi) is 5.22. The monoisotopic (exact) mass is 240 g/mol. The third kappa shape index (κ3) is 2.81. The molecule has 1 fully saturated rings. The number of halogens is 2. The molecule has 2 nitrogen and oxygen atoms in total. The van der Waals surface area contributed by atoms with E-state index < -0.39 is 0 Å². The van der Waals surface area contributed by atoms with Gasteiger partial charge in [-0.3, -0.25) is 0 Å². The number of thiazole rings is 1. The van der Waals surface area contributed by atoms with Crippen LogP contribution in [-0.2, 0) is 6.54 Å². The van der Waals surface area contributed by atoms with Gasteiger partial charge in [-0.1, -0.05) is 0 Å². The quantitative estimate of drug-likeness (QED) is 0.864. The van der Waals surface area contributed by atoms with Crippen LogP contribution in [-0.4, -0.2) is 4.98 Å². The van der Waals surface area contributed by atoms with Crippen molar-refractivity contribution < 1.29 is 0 Å². The van der Waals surface area contributed by atoms with Crippen LogP contribution in [0.5, 0.6) is 0 Å². The van der Waals surface area contributed by atoms with Crippen LogP contribution in [0.2, 0.25) is 0 Å². The number of hydrogen-bond acceptors (Lipinski definition) is 3. The Balaban J connectivity index is 0.000000720. The number of rotatable bonds is 2. The lowest BCUT2D eigenvalue weighted by Crippen LogP contribution is -1.94. The van der Waals surface area contributed by atoms with Gasteiger partial charge in [-0.05, 0) is 19.8 Å². The topological polar surface area (TPSA) is 38.9 Å². The van der Waals surface area contributed by atoms with Crippen molar-refractivity contribution in [1.82, 2.24) is 4.98 Å². The molecule has 2 rings (SSSR count). The summed E-state index contributed by atoms with van der Waals surface area (Å²) in [5.74, 6) is 0.777. The Morgan fingerprint density at radius 3 is 2.46 bits per heavy atom. The molecular formula is C8H14Cl2N2S. The standard InChI is InChI=1S/C8H12N2S.2ClH/c1-5-7(4-9)11-8(10-5)6-2-3-6;;/h6H,2-4,9H2,1H3;2*1H. The van der Waals surface area contributed by atoms with Crippen molar-refractivity contribution in [2.24, 2.45) is 5.73 Å². The van der Waals surface area contributed by atoms with E-state index in [1.54, 1.807) is 11.3 Å². The first-order chi connectivity index (χ1) is 5.31. The van der Waals surface area contributed by atoms with Crippen molar-refractivity contribution >= 4 is 36.2 Å². The zero-order valence-corrected chi connectivity index (χ0v) is 9.90. The minimum absolute atomic E-state index is 0. The Morgan fingerprint density at radius 1 is 1.46 bits per heavy atom. The minimum Gasteiger partial charge on any atom is -0.326 e. The highest BCUT2D eigenvalue weighted by molar-refractivity contribution is 7.11. The number of aromatic nitrogens is 1. The summed E-state index contributed by atoms with van der Waals surface area (Å²) >= 11 is 1.79. The Hall–Kier alpha value is 0.170. The highest BCUT2D eigenvalue weighted by Crippen LogP contribution is 2.42. The summed E-state index contributed by atoms with van der Waals surface area (Å²) in [5, 5.41) is 1.31. The van der Waals surface area contributed by atoms with E-state index >= 15 is 0 Å². The van der Waals surface area contributed by atoms with Gasteiger partial charge in [0.2, 0.25) is 0 Å². The van der Waals surface area contributed by atoms with Crippen molar-refractivity contribution in [3.63, 3.8) is 0 Å². The molecule has 0 saturated heterocycles. The van der Waals surface area contributed by atoms with Gasteiger partial charge in [-0.15, -0.1) is 36.2 Å². The summed E-state index contributed by atoms with van der Waals surface area (Å²) in [4.78, 5) is 5.74. The summed E-state index contributed by atoms with van der Waals surface area (Å²) in [5.41, 5.74) is 6.69. The van der Waals surface area contributed by atoms with Crippen LogP contribution in [0.3, 0.4) is 0 Å². The fourth-order valence-electron chi connectivity index (χ4n) is 1.14. The average Bonchev–Trinajstić information content (AvgIpc) is 2.76. The Labute approximate surface area is 94.8 Å². The number of nitrogens with zero attached hydrogens (tertiary/aromatic N) is 1. The van der Waals surface area contributed by atoms with Crippen LogP contribution < -0.4 is 5.73 Å². The minimum atomic E-state index is 0. The maximum atomic E-state index is 5.55. The van der Waals surface area contributed by atoms with E-state index in [1.807, 2.05) is 6.92 Å². The molecule has 5 heteroatoms. The van der Waals surface area contributed by atoms with Gasteiger partial charge in [0.25, 0.3) is 0 Å². The van der Waals surface area contributed by atoms with E-state index in [2.05, 4.69) is 4.98 Å². The van der Waals surface area contributed by atoms with Crippen molar-refractivity contribution in [2.75, 3.05) is 0 Å². The molecule has 0 radical (unpaired) electrons. The van der Waals surface area contributed by atoms with Gasteiger partial charge in [0.05, 0.1) is 10.7 Å². The average molecular weight is 241 g/mol. The van der Waals surface area contributed by atoms with Gasteiger partial charge in [0.1, 0.15) is 0 Å². The molecular weight excluding hydrogens is 227 g/mol. The highest BCUT2D eigenvalue weighted by atomic mass is 35.5. The molecule has 0 amide bonds. The predicted molar refractivity (Wildman–Crippen MR) is 61.2 cm³/mol. The van der Waals surface area contributed by atoms with E-state index in [-0.39, 0.29) is 24.8 Å². The molecule has 2 N–H and O–H groups in total. The van der Waals surface area contributed by atoms with E-state index in [0.717, 1.165) is 11.6 Å². The summed E-state index contributed by atoms with van der Waals surface area (Å²) in [7, 11) is 0. The molecule has 1 aliphatic carbocycles. The van der Waals surface area contributed by atoms with Crippen molar-refractivity contribution in [1.29, 1.82) is 0 Å². The van der Waals surface area contributed by atoms with E-state index in [4.69, 9.17) is 5.73 Å². The zero-order valence-electron chi connectivity index (χ0n) is 7.45. The first kappa shape index (κ1) is 13.2. The van der Waals surface area contributed by atoms with Gasteiger partial charge in [-0.25, -0.2) is 4.98 Å². The maximum absolute atomic E-state index is 5.55. The number of hydrogen-bond donors (Lipinski definition) is 1. The molecule has 1 aliphatic rings. The molecule has 0 aliphatic heterocycles. The van der Waals surface area contributed by atoms with E-state index in [1.165, 1.54) is 22.7 Å². The number of aryl methyl sites for hydroxylation is 1. The second-order valence-electron chi connectivity index (χ2n) is 3.04. The second-order valence-corrected chi connectivity index (χ2v) is 4.15. The number of nitrogens with two attached hydrogens (primary N) is 1. The Bertz CT molecular complexity index is 271. The van der Waals surface area contributed by atoms with Crippen molar-refractivity contribution in [3.05, 3.63) is 15.6 Å². The molecule has 0 unspecified atom stereocenters. The van der Waals surface area contributed by atoms with Gasteiger partial charge in [0.15, 0.2) is 0 Å². The predicted octanol–water partition coefficient (Wildman–Crippen LogP) is 2.63. The molecule has 1 heterocycles. The lowest BCUT2D eigenvalue weighted by Gasteiger charge is -1.86. The molecule has 0 spiro atoms. The van der Waals surface area contributed by atoms with E-state index in [0.29, 0.717) is 6.54 Å². The van der Waals surface area contributed by atoms with Gasteiger partial charge in [-0.2, -0.15) is 0 Å². The summed E-state index contributed by atoms with van der Waals surface area (Å²) in [6, 6.07) is 0. The summed E-state index contributed by atoms with van der Waals surface area (Å²) in [6.45, 7) is 2.70. The highest BCUT2D eigenvalue weighted by Gasteiger charge is 2.27. The largest absolute Gasteiger partial charge is 0.326 e. The molecule has 76 valence electrons. The Morgan fingerprint density at radius 2 is 2.08 bits per heavy atom. The smallest absolute Gasteiger partial charge is 0.0962 e. The van der Waals surface area contributed by atoms with Crippen molar-refractivity contribution in [3.8, 4) is 0 Å². The molecule has 0 atom stereocenters.